The van der Waals surface area contributed by atoms with Crippen LogP contribution in [0.1, 0.15) is 32.1 Å². The zero-order valence-corrected chi connectivity index (χ0v) is 9.31. The molecule has 3 nitrogen and oxygen atoms in total. The molecule has 0 aromatic rings. The first-order valence-corrected chi connectivity index (χ1v) is 5.06. The Morgan fingerprint density at radius 2 is 2.14 bits per heavy atom. The Kier molecular flexibility index (Phi) is 3.43. The second kappa shape index (κ2) is 4.07. The summed E-state index contributed by atoms with van der Waals surface area (Å²) in [4.78, 5) is 11.5. The average Bonchev–Trinajstić information content (AvgIpc) is 2.69. The Morgan fingerprint density at radius 1 is 1.43 bits per heavy atom. The largest absolute Gasteiger partial charge is 0.468 e. The van der Waals surface area contributed by atoms with Crippen LogP contribution in [0.4, 0.5) is 0 Å². The molecule has 2 aliphatic rings. The van der Waals surface area contributed by atoms with Gasteiger partial charge in [-0.25, -0.2) is 0 Å². The van der Waals surface area contributed by atoms with E-state index in [4.69, 9.17) is 10.5 Å². The molecular formula is C10H18ClNO2. The van der Waals surface area contributed by atoms with Crippen LogP contribution in [0.2, 0.25) is 0 Å². The molecule has 2 rings (SSSR count). The monoisotopic (exact) mass is 219 g/mol. The Hall–Kier alpha value is -0.280. The number of halogens is 1. The molecule has 2 saturated carbocycles. The van der Waals surface area contributed by atoms with E-state index in [0.29, 0.717) is 11.8 Å². The van der Waals surface area contributed by atoms with Crippen molar-refractivity contribution in [2.24, 2.45) is 17.6 Å². The van der Waals surface area contributed by atoms with Crippen molar-refractivity contribution in [1.29, 1.82) is 0 Å². The molecule has 0 aliphatic heterocycles. The second-order valence-electron chi connectivity index (χ2n) is 4.37. The standard InChI is InChI=1S/C10H17NO2.ClH/c1-13-9(12)10(11)6-5-7-3-2-4-8(7)10;/h7-8H,2-6,11H2,1H3;1H/t7-,8-,10?;/m0./s1. The predicted molar refractivity (Wildman–Crippen MR) is 56.2 cm³/mol. The molecule has 0 heterocycles. The number of carbonyl (C=O) groups excluding carboxylic acids is 1. The van der Waals surface area contributed by atoms with Crippen LogP contribution in [0.15, 0.2) is 0 Å². The second-order valence-corrected chi connectivity index (χ2v) is 4.37. The third kappa shape index (κ3) is 1.52. The number of nitrogens with two attached hydrogens (primary N) is 1. The summed E-state index contributed by atoms with van der Waals surface area (Å²) < 4.78 is 4.78. The van der Waals surface area contributed by atoms with Crippen molar-refractivity contribution in [3.63, 3.8) is 0 Å². The average molecular weight is 220 g/mol. The summed E-state index contributed by atoms with van der Waals surface area (Å²) in [6.45, 7) is 0. The molecule has 4 heteroatoms. The minimum atomic E-state index is -0.657. The molecule has 0 saturated heterocycles. The van der Waals surface area contributed by atoms with Gasteiger partial charge in [0, 0.05) is 0 Å². The van der Waals surface area contributed by atoms with E-state index in [1.807, 2.05) is 0 Å². The first kappa shape index (κ1) is 11.8. The minimum absolute atomic E-state index is 0. The number of carbonyl (C=O) groups is 1. The highest BCUT2D eigenvalue weighted by Gasteiger charge is 2.52. The Labute approximate surface area is 90.8 Å². The molecular weight excluding hydrogens is 202 g/mol. The molecule has 82 valence electrons. The van der Waals surface area contributed by atoms with Crippen LogP contribution in [0.3, 0.4) is 0 Å². The molecule has 0 aromatic heterocycles. The molecule has 0 amide bonds. The van der Waals surface area contributed by atoms with Gasteiger partial charge >= 0.3 is 5.97 Å². The molecule has 1 unspecified atom stereocenters. The highest BCUT2D eigenvalue weighted by atomic mass is 35.5. The molecule has 3 atom stereocenters. The van der Waals surface area contributed by atoms with Crippen LogP contribution in [0.5, 0.6) is 0 Å². The normalized spacial score (nSPS) is 40.1. The number of rotatable bonds is 1. The number of ether oxygens (including phenoxy) is 1. The minimum Gasteiger partial charge on any atom is -0.468 e. The zero-order valence-electron chi connectivity index (χ0n) is 8.49. The SMILES string of the molecule is COC(=O)C1(N)CC[C@@H]2CCC[C@@H]21.Cl. The van der Waals surface area contributed by atoms with Crippen LogP contribution < -0.4 is 5.73 Å². The van der Waals surface area contributed by atoms with Crippen molar-refractivity contribution in [2.75, 3.05) is 7.11 Å². The van der Waals surface area contributed by atoms with Gasteiger partial charge in [-0.05, 0) is 31.1 Å². The van der Waals surface area contributed by atoms with Gasteiger partial charge in [0.25, 0.3) is 0 Å². The van der Waals surface area contributed by atoms with Crippen molar-refractivity contribution in [1.82, 2.24) is 0 Å². The van der Waals surface area contributed by atoms with E-state index >= 15 is 0 Å². The van der Waals surface area contributed by atoms with Crippen LogP contribution >= 0.6 is 12.4 Å². The van der Waals surface area contributed by atoms with Crippen LogP contribution in [0.25, 0.3) is 0 Å². The van der Waals surface area contributed by atoms with Crippen molar-refractivity contribution in [3.05, 3.63) is 0 Å². The molecule has 2 fully saturated rings. The van der Waals surface area contributed by atoms with E-state index in [9.17, 15) is 4.79 Å². The van der Waals surface area contributed by atoms with Gasteiger partial charge in [-0.15, -0.1) is 12.4 Å². The summed E-state index contributed by atoms with van der Waals surface area (Å²) in [5, 5.41) is 0. The lowest BCUT2D eigenvalue weighted by molar-refractivity contribution is -0.148. The summed E-state index contributed by atoms with van der Waals surface area (Å²) in [5.41, 5.74) is 5.47. The third-order valence-electron chi connectivity index (χ3n) is 3.81. The highest BCUT2D eigenvalue weighted by Crippen LogP contribution is 2.48. The van der Waals surface area contributed by atoms with Gasteiger partial charge in [0.15, 0.2) is 0 Å². The smallest absolute Gasteiger partial charge is 0.326 e. The van der Waals surface area contributed by atoms with Gasteiger partial charge in [-0.2, -0.15) is 0 Å². The number of methoxy groups -OCH3 is 1. The van der Waals surface area contributed by atoms with Gasteiger partial charge in [-0.1, -0.05) is 12.8 Å². The molecule has 2 aliphatic carbocycles. The topological polar surface area (TPSA) is 52.3 Å². The molecule has 14 heavy (non-hydrogen) atoms. The van der Waals surface area contributed by atoms with Gasteiger partial charge in [-0.3, -0.25) is 4.79 Å². The number of hydrogen-bond acceptors (Lipinski definition) is 3. The van der Waals surface area contributed by atoms with Crippen molar-refractivity contribution < 1.29 is 9.53 Å². The van der Waals surface area contributed by atoms with Crippen LogP contribution in [0, 0.1) is 11.8 Å². The van der Waals surface area contributed by atoms with E-state index in [1.165, 1.54) is 20.0 Å². The van der Waals surface area contributed by atoms with Crippen LogP contribution in [-0.4, -0.2) is 18.6 Å². The lowest BCUT2D eigenvalue weighted by atomic mass is 9.85. The third-order valence-corrected chi connectivity index (χ3v) is 3.81. The Bertz CT molecular complexity index is 234. The fourth-order valence-corrected chi connectivity index (χ4v) is 3.11. The lowest BCUT2D eigenvalue weighted by Crippen LogP contribution is -2.51. The molecule has 0 aromatic carbocycles. The lowest BCUT2D eigenvalue weighted by Gasteiger charge is -2.27. The van der Waals surface area contributed by atoms with E-state index in [1.54, 1.807) is 0 Å². The van der Waals surface area contributed by atoms with Crippen molar-refractivity contribution in [3.8, 4) is 0 Å². The predicted octanol–water partition coefficient (Wildman–Crippen LogP) is 1.49. The summed E-state index contributed by atoms with van der Waals surface area (Å²) in [6, 6.07) is 0. The maximum atomic E-state index is 11.5. The highest BCUT2D eigenvalue weighted by molar-refractivity contribution is 5.85. The van der Waals surface area contributed by atoms with Gasteiger partial charge in [0.1, 0.15) is 5.54 Å². The fraction of sp³-hybridized carbons (Fsp3) is 0.900. The van der Waals surface area contributed by atoms with Gasteiger partial charge < -0.3 is 10.5 Å². The van der Waals surface area contributed by atoms with E-state index in [0.717, 1.165) is 19.3 Å². The molecule has 2 N–H and O–H groups in total. The van der Waals surface area contributed by atoms with Crippen molar-refractivity contribution in [2.45, 2.75) is 37.6 Å². The van der Waals surface area contributed by atoms with E-state index in [2.05, 4.69) is 0 Å². The molecule has 0 bridgehead atoms. The van der Waals surface area contributed by atoms with Crippen LogP contribution in [-0.2, 0) is 9.53 Å². The molecule has 0 radical (unpaired) electrons. The first-order valence-electron chi connectivity index (χ1n) is 5.06. The van der Waals surface area contributed by atoms with Gasteiger partial charge in [0.05, 0.1) is 7.11 Å². The maximum Gasteiger partial charge on any atom is 0.326 e. The number of esters is 1. The van der Waals surface area contributed by atoms with E-state index in [-0.39, 0.29) is 18.4 Å². The number of fused-ring (bicyclic) bond motifs is 1. The zero-order chi connectivity index (χ0) is 9.47. The fourth-order valence-electron chi connectivity index (χ4n) is 3.11. The maximum absolute atomic E-state index is 11.5. The first-order chi connectivity index (χ1) is 6.18. The molecule has 0 spiro atoms. The van der Waals surface area contributed by atoms with Gasteiger partial charge in [0.2, 0.25) is 0 Å². The summed E-state index contributed by atoms with van der Waals surface area (Å²) in [7, 11) is 1.43. The van der Waals surface area contributed by atoms with E-state index < -0.39 is 5.54 Å². The Morgan fingerprint density at radius 3 is 2.79 bits per heavy atom. The number of hydrogen-bond donors (Lipinski definition) is 1. The Balaban J connectivity index is 0.000000980. The summed E-state index contributed by atoms with van der Waals surface area (Å²) in [6.07, 6.45) is 5.51. The quantitative estimate of drug-likeness (QED) is 0.680. The van der Waals surface area contributed by atoms with Crippen molar-refractivity contribution >= 4 is 18.4 Å². The summed E-state index contributed by atoms with van der Waals surface area (Å²) in [5.74, 6) is 0.867. The summed E-state index contributed by atoms with van der Waals surface area (Å²) >= 11 is 0.